The molecule has 176 valence electrons. The predicted octanol–water partition coefficient (Wildman–Crippen LogP) is 4.96. The molecule has 0 unspecified atom stereocenters. The minimum Gasteiger partial charge on any atom is -0.451 e. The second kappa shape index (κ2) is 10.2. The van der Waals surface area contributed by atoms with Gasteiger partial charge in [-0.15, -0.1) is 11.8 Å². The highest BCUT2D eigenvalue weighted by Gasteiger charge is 2.16. The van der Waals surface area contributed by atoms with Crippen LogP contribution in [0, 0.1) is 12.7 Å². The number of halogens is 1. The summed E-state index contributed by atoms with van der Waals surface area (Å²) in [7, 11) is 1.72. The molecule has 2 aromatic heterocycles. The van der Waals surface area contributed by atoms with Crippen LogP contribution < -0.4 is 5.32 Å². The number of para-hydroxylation sites is 1. The van der Waals surface area contributed by atoms with Gasteiger partial charge >= 0.3 is 0 Å². The lowest BCUT2D eigenvalue weighted by Crippen LogP contribution is -2.39. The summed E-state index contributed by atoms with van der Waals surface area (Å²) in [5.74, 6) is -0.429. The van der Waals surface area contributed by atoms with E-state index in [0.717, 1.165) is 11.2 Å². The number of aromatic nitrogens is 1. The summed E-state index contributed by atoms with van der Waals surface area (Å²) in [6, 6.07) is 18.1. The number of nitrogens with one attached hydrogen (secondary N) is 1. The Morgan fingerprint density at radius 3 is 2.71 bits per heavy atom. The van der Waals surface area contributed by atoms with Gasteiger partial charge in [-0.25, -0.2) is 4.39 Å². The van der Waals surface area contributed by atoms with Crippen molar-refractivity contribution in [2.45, 2.75) is 18.4 Å². The second-order valence-electron chi connectivity index (χ2n) is 8.01. The number of carbonyl (C=O) groups excluding carboxylic acids is 2. The lowest BCUT2D eigenvalue weighted by molar-refractivity contribution is -0.128. The molecule has 0 saturated carbocycles. The van der Waals surface area contributed by atoms with Gasteiger partial charge in [-0.05, 0) is 61.0 Å². The molecule has 0 spiro atoms. The first kappa shape index (κ1) is 23.6. The third-order valence-corrected chi connectivity index (χ3v) is 6.52. The summed E-state index contributed by atoms with van der Waals surface area (Å²) >= 11 is 1.30. The summed E-state index contributed by atoms with van der Waals surface area (Å²) in [5, 5.41) is 3.79. The number of amides is 2. The molecule has 0 saturated heterocycles. The summed E-state index contributed by atoms with van der Waals surface area (Å²) < 4.78 is 21.6. The molecule has 0 radical (unpaired) electrons. The maximum atomic E-state index is 13.7. The van der Waals surface area contributed by atoms with E-state index in [0.29, 0.717) is 29.3 Å². The van der Waals surface area contributed by atoms with Gasteiger partial charge in [0.25, 0.3) is 5.91 Å². The molecule has 34 heavy (non-hydrogen) atoms. The van der Waals surface area contributed by atoms with Crippen molar-refractivity contribution in [2.24, 2.45) is 0 Å². The van der Waals surface area contributed by atoms with Crippen LogP contribution in [0.5, 0.6) is 0 Å². The quantitative estimate of drug-likeness (QED) is 0.363. The van der Waals surface area contributed by atoms with Crippen molar-refractivity contribution >= 4 is 34.5 Å². The van der Waals surface area contributed by atoms with Gasteiger partial charge in [0.2, 0.25) is 5.91 Å². The van der Waals surface area contributed by atoms with Crippen molar-refractivity contribution in [3.8, 4) is 11.3 Å². The Morgan fingerprint density at radius 2 is 1.91 bits per heavy atom. The minimum atomic E-state index is -0.479. The lowest BCUT2D eigenvalue weighted by atomic mass is 10.2. The number of furan rings is 1. The van der Waals surface area contributed by atoms with Gasteiger partial charge in [-0.2, -0.15) is 0 Å². The van der Waals surface area contributed by atoms with Gasteiger partial charge in [-0.3, -0.25) is 9.59 Å². The summed E-state index contributed by atoms with van der Waals surface area (Å²) in [5.41, 5.74) is 2.94. The monoisotopic (exact) mass is 479 g/mol. The summed E-state index contributed by atoms with van der Waals surface area (Å²) in [6.45, 7) is 3.09. The number of nitrogens with zero attached hydrogens (tertiary/aromatic N) is 2. The topological polar surface area (TPSA) is 67.5 Å². The van der Waals surface area contributed by atoms with Gasteiger partial charge in [0.1, 0.15) is 11.6 Å². The molecule has 4 rings (SSSR count). The molecule has 6 nitrogen and oxygen atoms in total. The molecular formula is C26H26FN3O3S. The molecular weight excluding hydrogens is 453 g/mol. The minimum absolute atomic E-state index is 0.0925. The third-order valence-electron chi connectivity index (χ3n) is 5.77. The van der Waals surface area contributed by atoms with Gasteiger partial charge in [0, 0.05) is 41.8 Å². The van der Waals surface area contributed by atoms with Crippen molar-refractivity contribution in [2.75, 3.05) is 26.4 Å². The molecule has 0 bridgehead atoms. The summed E-state index contributed by atoms with van der Waals surface area (Å²) in [6.07, 6.45) is 1.79. The van der Waals surface area contributed by atoms with E-state index in [1.807, 2.05) is 19.1 Å². The van der Waals surface area contributed by atoms with Crippen LogP contribution in [0.2, 0.25) is 0 Å². The maximum absolute atomic E-state index is 13.7. The van der Waals surface area contributed by atoms with E-state index in [9.17, 15) is 14.0 Å². The largest absolute Gasteiger partial charge is 0.451 e. The van der Waals surface area contributed by atoms with Crippen molar-refractivity contribution in [1.29, 1.82) is 0 Å². The van der Waals surface area contributed by atoms with E-state index in [1.54, 1.807) is 42.5 Å². The highest BCUT2D eigenvalue weighted by atomic mass is 32.2. The fraction of sp³-hybridized carbons (Fsp3) is 0.231. The van der Waals surface area contributed by atoms with Crippen LogP contribution in [0.3, 0.4) is 0 Å². The van der Waals surface area contributed by atoms with Gasteiger partial charge < -0.3 is 19.2 Å². The van der Waals surface area contributed by atoms with E-state index in [4.69, 9.17) is 4.42 Å². The standard InChI is InChI=1S/C26H26FN3O3S/c1-17-14-18-6-4-5-7-21(18)30(17)13-12-29(2)25(31)16-28-26(32)23-11-10-22(33-23)19-8-9-20(27)24(15-19)34-3/h4-11,14-15H,12-13,16H2,1-3H3,(H,28,32). The van der Waals surface area contributed by atoms with Crippen LogP contribution in [0.15, 0.2) is 70.0 Å². The summed E-state index contributed by atoms with van der Waals surface area (Å²) in [4.78, 5) is 27.1. The average Bonchev–Trinajstić information content (AvgIpc) is 3.45. The van der Waals surface area contributed by atoms with Crippen LogP contribution in [0.1, 0.15) is 16.2 Å². The van der Waals surface area contributed by atoms with Crippen LogP contribution >= 0.6 is 11.8 Å². The smallest absolute Gasteiger partial charge is 0.287 e. The van der Waals surface area contributed by atoms with Crippen LogP contribution in [0.4, 0.5) is 4.39 Å². The molecule has 0 atom stereocenters. The molecule has 4 aromatic rings. The molecule has 0 aliphatic rings. The van der Waals surface area contributed by atoms with Crippen LogP contribution in [-0.4, -0.2) is 47.7 Å². The van der Waals surface area contributed by atoms with Crippen LogP contribution in [-0.2, 0) is 11.3 Å². The van der Waals surface area contributed by atoms with Crippen molar-refractivity contribution in [3.63, 3.8) is 0 Å². The van der Waals surface area contributed by atoms with Gasteiger partial charge in [0.05, 0.1) is 6.54 Å². The molecule has 0 aliphatic heterocycles. The third kappa shape index (κ3) is 5.02. The Labute approximate surface area is 201 Å². The molecule has 8 heteroatoms. The molecule has 2 amide bonds. The van der Waals surface area contributed by atoms with Crippen molar-refractivity contribution < 1.29 is 18.4 Å². The lowest BCUT2D eigenvalue weighted by Gasteiger charge is -2.19. The zero-order valence-electron chi connectivity index (χ0n) is 19.3. The number of hydrogen-bond donors (Lipinski definition) is 1. The van der Waals surface area contributed by atoms with Gasteiger partial charge in [-0.1, -0.05) is 18.2 Å². The van der Waals surface area contributed by atoms with E-state index in [-0.39, 0.29) is 24.0 Å². The number of aryl methyl sites for hydroxylation is 1. The Kier molecular flexibility index (Phi) is 7.07. The number of benzene rings is 2. The Bertz CT molecular complexity index is 1340. The number of fused-ring (bicyclic) bond motifs is 1. The Hall–Kier alpha value is -3.52. The average molecular weight is 480 g/mol. The zero-order chi connectivity index (χ0) is 24.2. The fourth-order valence-corrected chi connectivity index (χ4v) is 4.33. The van der Waals surface area contributed by atoms with Gasteiger partial charge in [0.15, 0.2) is 5.76 Å². The molecule has 2 heterocycles. The first-order valence-corrected chi connectivity index (χ1v) is 12.1. The van der Waals surface area contributed by atoms with E-state index >= 15 is 0 Å². The number of thioether (sulfide) groups is 1. The predicted molar refractivity (Wildman–Crippen MR) is 133 cm³/mol. The molecule has 0 aliphatic carbocycles. The van der Waals surface area contributed by atoms with E-state index in [2.05, 4.69) is 28.1 Å². The van der Waals surface area contributed by atoms with E-state index in [1.165, 1.54) is 23.2 Å². The van der Waals surface area contributed by atoms with Crippen molar-refractivity contribution in [3.05, 3.63) is 77.9 Å². The second-order valence-corrected chi connectivity index (χ2v) is 8.86. The zero-order valence-corrected chi connectivity index (χ0v) is 20.1. The first-order chi connectivity index (χ1) is 16.4. The first-order valence-electron chi connectivity index (χ1n) is 10.9. The number of likely N-dealkylation sites (N-methyl/N-ethyl adjacent to an activating group) is 1. The Morgan fingerprint density at radius 1 is 1.12 bits per heavy atom. The molecule has 1 N–H and O–H groups in total. The molecule has 0 fully saturated rings. The Balaban J connectivity index is 1.32. The normalized spacial score (nSPS) is 11.1. The maximum Gasteiger partial charge on any atom is 0.287 e. The molecule has 2 aromatic carbocycles. The number of rotatable bonds is 8. The number of carbonyl (C=O) groups is 2. The fourth-order valence-electron chi connectivity index (χ4n) is 3.83. The van der Waals surface area contributed by atoms with Crippen LogP contribution in [0.25, 0.3) is 22.2 Å². The van der Waals surface area contributed by atoms with E-state index < -0.39 is 5.91 Å². The van der Waals surface area contributed by atoms with Crippen molar-refractivity contribution in [1.82, 2.24) is 14.8 Å². The highest BCUT2D eigenvalue weighted by Crippen LogP contribution is 2.28. The highest BCUT2D eigenvalue weighted by molar-refractivity contribution is 7.98. The number of hydrogen-bond acceptors (Lipinski definition) is 4. The SMILES string of the molecule is CSc1cc(-c2ccc(C(=O)NCC(=O)N(C)CCn3c(C)cc4ccccc43)o2)ccc1F.